The number of likely N-dealkylation sites (tertiary alicyclic amines) is 1. The van der Waals surface area contributed by atoms with E-state index in [4.69, 9.17) is 0 Å². The molecule has 0 aliphatic carbocycles. The van der Waals surface area contributed by atoms with Crippen LogP contribution in [-0.2, 0) is 9.84 Å². The average molecular weight is 330 g/mol. The van der Waals surface area contributed by atoms with Gasteiger partial charge in [-0.15, -0.1) is 11.3 Å². The van der Waals surface area contributed by atoms with Gasteiger partial charge in [0.05, 0.1) is 23.7 Å². The summed E-state index contributed by atoms with van der Waals surface area (Å²) in [6, 6.07) is 4.14. The van der Waals surface area contributed by atoms with Crippen LogP contribution in [0.4, 0.5) is 0 Å². The van der Waals surface area contributed by atoms with E-state index in [0.717, 1.165) is 13.1 Å². The molecule has 1 aromatic rings. The van der Waals surface area contributed by atoms with Crippen LogP contribution >= 0.6 is 11.3 Å². The van der Waals surface area contributed by atoms with Crippen LogP contribution in [-0.4, -0.2) is 61.7 Å². The Balaban J connectivity index is 1.65. The number of nitrogens with zero attached hydrogens (tertiary/aromatic N) is 1. The molecule has 3 unspecified atom stereocenters. The fourth-order valence-corrected chi connectivity index (χ4v) is 5.87. The highest BCUT2D eigenvalue weighted by atomic mass is 32.2. The lowest BCUT2D eigenvalue weighted by atomic mass is 10.1. The summed E-state index contributed by atoms with van der Waals surface area (Å²) < 4.78 is 23.1. The van der Waals surface area contributed by atoms with Gasteiger partial charge in [-0.2, -0.15) is 0 Å². The topological polar surface area (TPSA) is 69.6 Å². The number of aliphatic hydroxyl groups is 1. The zero-order chi connectivity index (χ0) is 14.9. The van der Waals surface area contributed by atoms with E-state index in [0.29, 0.717) is 6.54 Å². The summed E-state index contributed by atoms with van der Waals surface area (Å²) in [5.74, 6) is -0.0661. The molecule has 3 heterocycles. The van der Waals surface area contributed by atoms with E-state index in [1.54, 1.807) is 11.3 Å². The molecule has 7 heteroatoms. The van der Waals surface area contributed by atoms with Crippen LogP contribution in [0.15, 0.2) is 17.5 Å². The van der Waals surface area contributed by atoms with Crippen LogP contribution in [0.5, 0.6) is 0 Å². The van der Waals surface area contributed by atoms with Gasteiger partial charge in [-0.3, -0.25) is 4.90 Å². The molecule has 0 spiro atoms. The maximum Gasteiger partial charge on any atom is 0.154 e. The molecule has 0 bridgehead atoms. The lowest BCUT2D eigenvalue weighted by Crippen LogP contribution is -2.43. The van der Waals surface area contributed by atoms with Crippen LogP contribution in [0, 0.1) is 0 Å². The number of hydrogen-bond acceptors (Lipinski definition) is 6. The average Bonchev–Trinajstić information content (AvgIpc) is 3.13. The summed E-state index contributed by atoms with van der Waals surface area (Å²) in [7, 11) is -3.09. The summed E-state index contributed by atoms with van der Waals surface area (Å²) in [5.41, 5.74) is 0. The Morgan fingerprint density at radius 1 is 1.38 bits per heavy atom. The Hall–Kier alpha value is -0.470. The van der Waals surface area contributed by atoms with Crippen molar-refractivity contribution in [3.05, 3.63) is 22.4 Å². The number of rotatable bonds is 5. The van der Waals surface area contributed by atoms with Gasteiger partial charge in [-0.1, -0.05) is 6.07 Å². The molecule has 0 amide bonds. The third-order valence-corrected chi connectivity index (χ3v) is 7.04. The third kappa shape index (κ3) is 3.65. The fraction of sp³-hybridized carbons (Fsp3) is 0.714. The van der Waals surface area contributed by atoms with Crippen LogP contribution in [0.25, 0.3) is 0 Å². The number of thiophene rings is 1. The zero-order valence-corrected chi connectivity index (χ0v) is 13.6. The second-order valence-corrected chi connectivity index (χ2v) is 9.07. The molecular weight excluding hydrogens is 308 g/mol. The first-order chi connectivity index (χ1) is 10.1. The van der Waals surface area contributed by atoms with Gasteiger partial charge in [0.2, 0.25) is 0 Å². The summed E-state index contributed by atoms with van der Waals surface area (Å²) in [6.07, 6.45) is 1.67. The summed E-state index contributed by atoms with van der Waals surface area (Å²) in [6.45, 7) is 2.88. The van der Waals surface area contributed by atoms with E-state index >= 15 is 0 Å². The molecule has 5 nitrogen and oxygen atoms in total. The van der Waals surface area contributed by atoms with Gasteiger partial charge in [-0.25, -0.2) is 8.42 Å². The van der Waals surface area contributed by atoms with Crippen molar-refractivity contribution < 1.29 is 13.5 Å². The third-order valence-electron chi connectivity index (χ3n) is 4.35. The Bertz CT molecular complexity index is 553. The van der Waals surface area contributed by atoms with Crippen LogP contribution < -0.4 is 5.32 Å². The van der Waals surface area contributed by atoms with Crippen LogP contribution in [0.1, 0.15) is 23.8 Å². The summed E-state index contributed by atoms with van der Waals surface area (Å²) in [5, 5.41) is 15.2. The highest BCUT2D eigenvalue weighted by Crippen LogP contribution is 2.28. The molecular formula is C14H22N2O3S2. The SMILES string of the molecule is O=S1(=O)CC(O)C(NCC(c2cccs2)N2CCCC2)C1. The minimum atomic E-state index is -3.09. The van der Waals surface area contributed by atoms with Crippen molar-refractivity contribution >= 4 is 21.2 Å². The molecule has 2 fully saturated rings. The minimum absolute atomic E-state index is 0.0470. The highest BCUT2D eigenvalue weighted by molar-refractivity contribution is 7.91. The van der Waals surface area contributed by atoms with Crippen molar-refractivity contribution in [3.8, 4) is 0 Å². The van der Waals surface area contributed by atoms with Crippen LogP contribution in [0.3, 0.4) is 0 Å². The maximum atomic E-state index is 11.6. The van der Waals surface area contributed by atoms with Crippen LogP contribution in [0.2, 0.25) is 0 Å². The minimum Gasteiger partial charge on any atom is -0.390 e. The Labute approximate surface area is 129 Å². The highest BCUT2D eigenvalue weighted by Gasteiger charge is 2.37. The van der Waals surface area contributed by atoms with Crippen molar-refractivity contribution in [3.63, 3.8) is 0 Å². The molecule has 0 radical (unpaired) electrons. The van der Waals surface area contributed by atoms with Gasteiger partial charge < -0.3 is 10.4 Å². The molecule has 118 valence electrons. The van der Waals surface area contributed by atoms with Crippen molar-refractivity contribution in [2.75, 3.05) is 31.1 Å². The largest absolute Gasteiger partial charge is 0.390 e. The molecule has 2 aliphatic heterocycles. The second-order valence-electron chi connectivity index (χ2n) is 5.93. The molecule has 3 rings (SSSR count). The van der Waals surface area contributed by atoms with Crippen molar-refractivity contribution in [1.29, 1.82) is 0 Å². The molecule has 3 atom stereocenters. The maximum absolute atomic E-state index is 11.6. The van der Waals surface area contributed by atoms with E-state index in [-0.39, 0.29) is 23.6 Å². The van der Waals surface area contributed by atoms with Gasteiger partial charge in [0, 0.05) is 17.5 Å². The quantitative estimate of drug-likeness (QED) is 0.829. The molecule has 2 saturated heterocycles. The number of hydrogen-bond donors (Lipinski definition) is 2. The van der Waals surface area contributed by atoms with E-state index in [9.17, 15) is 13.5 Å². The number of nitrogens with one attached hydrogen (secondary N) is 1. The van der Waals surface area contributed by atoms with Gasteiger partial charge in [-0.05, 0) is 37.4 Å². The van der Waals surface area contributed by atoms with Gasteiger partial charge in [0.25, 0.3) is 0 Å². The fourth-order valence-electron chi connectivity index (χ4n) is 3.23. The Kier molecular flexibility index (Phi) is 4.66. The van der Waals surface area contributed by atoms with Crippen molar-refractivity contribution in [1.82, 2.24) is 10.2 Å². The predicted molar refractivity (Wildman–Crippen MR) is 84.3 cm³/mol. The molecule has 0 aromatic carbocycles. The van der Waals surface area contributed by atoms with Gasteiger partial charge >= 0.3 is 0 Å². The molecule has 2 aliphatic rings. The first kappa shape index (κ1) is 15.4. The van der Waals surface area contributed by atoms with Gasteiger partial charge in [0.1, 0.15) is 0 Å². The monoisotopic (exact) mass is 330 g/mol. The van der Waals surface area contributed by atoms with Crippen molar-refractivity contribution in [2.24, 2.45) is 0 Å². The molecule has 21 heavy (non-hydrogen) atoms. The Morgan fingerprint density at radius 3 is 2.71 bits per heavy atom. The first-order valence-corrected chi connectivity index (χ1v) is 10.1. The van der Waals surface area contributed by atoms with Gasteiger partial charge in [0.15, 0.2) is 9.84 Å². The number of aliphatic hydroxyl groups excluding tert-OH is 1. The van der Waals surface area contributed by atoms with E-state index in [1.807, 2.05) is 0 Å². The second kappa shape index (κ2) is 6.34. The molecule has 0 saturated carbocycles. The Morgan fingerprint density at radius 2 is 2.14 bits per heavy atom. The lowest BCUT2D eigenvalue weighted by molar-refractivity contribution is 0.155. The number of sulfone groups is 1. The summed E-state index contributed by atoms with van der Waals surface area (Å²) >= 11 is 1.74. The van der Waals surface area contributed by atoms with E-state index in [2.05, 4.69) is 27.7 Å². The normalized spacial score (nSPS) is 30.7. The molecule has 2 N–H and O–H groups in total. The van der Waals surface area contributed by atoms with E-state index < -0.39 is 15.9 Å². The van der Waals surface area contributed by atoms with Crippen molar-refractivity contribution in [2.45, 2.75) is 31.0 Å². The smallest absolute Gasteiger partial charge is 0.154 e. The molecule has 1 aromatic heterocycles. The standard InChI is InChI=1S/C14H22N2O3S2/c17-13-10-21(18,19)9-11(13)15-8-12(14-4-3-7-20-14)16-5-1-2-6-16/h3-4,7,11-13,15,17H,1-2,5-6,8-10H2. The summed E-state index contributed by atoms with van der Waals surface area (Å²) in [4.78, 5) is 3.76. The predicted octanol–water partition coefficient (Wildman–Crippen LogP) is 0.632. The first-order valence-electron chi connectivity index (χ1n) is 7.44. The van der Waals surface area contributed by atoms with E-state index in [1.165, 1.54) is 17.7 Å². The zero-order valence-electron chi connectivity index (χ0n) is 11.9. The lowest BCUT2D eigenvalue weighted by Gasteiger charge is -2.28.